The van der Waals surface area contributed by atoms with Crippen molar-refractivity contribution in [2.45, 2.75) is 19.4 Å². The molecule has 2 aliphatic heterocycles. The first-order valence-corrected chi connectivity index (χ1v) is 7.81. The van der Waals surface area contributed by atoms with Crippen molar-refractivity contribution in [3.8, 4) is 0 Å². The number of piperazine rings is 1. The van der Waals surface area contributed by atoms with Crippen LogP contribution in [0.5, 0.6) is 0 Å². The zero-order valence-corrected chi connectivity index (χ0v) is 12.7. The minimum Gasteiger partial charge on any atom is -0.381 e. The molecule has 116 valence electrons. The Morgan fingerprint density at radius 3 is 2.81 bits per heavy atom. The number of rotatable bonds is 4. The Morgan fingerprint density at radius 1 is 1.33 bits per heavy atom. The first-order chi connectivity index (χ1) is 10.2. The van der Waals surface area contributed by atoms with Gasteiger partial charge < -0.3 is 14.5 Å². The number of anilines is 1. The van der Waals surface area contributed by atoms with E-state index in [4.69, 9.17) is 4.74 Å². The quantitative estimate of drug-likeness (QED) is 0.805. The minimum absolute atomic E-state index is 0.00495. The molecule has 6 heteroatoms. The van der Waals surface area contributed by atoms with Gasteiger partial charge in [0.1, 0.15) is 0 Å². The summed E-state index contributed by atoms with van der Waals surface area (Å²) in [5.74, 6) is 0.580. The maximum absolute atomic E-state index is 12.2. The smallest absolute Gasteiger partial charge is 0.268 e. The van der Waals surface area contributed by atoms with E-state index in [0.29, 0.717) is 12.5 Å². The van der Waals surface area contributed by atoms with Crippen LogP contribution in [0.3, 0.4) is 0 Å². The SMILES string of the molecule is CN1CCN(c2cnn(CC[C@H]3CCOC3)c(=O)c2)CC1. The molecule has 0 saturated carbocycles. The van der Waals surface area contributed by atoms with Gasteiger partial charge in [0.2, 0.25) is 0 Å². The average molecular weight is 292 g/mol. The summed E-state index contributed by atoms with van der Waals surface area (Å²) < 4.78 is 6.95. The largest absolute Gasteiger partial charge is 0.381 e. The standard InChI is InChI=1S/C15H24N4O2/c1-17-5-7-18(8-6-17)14-10-15(20)19(16-11-14)4-2-13-3-9-21-12-13/h10-11,13H,2-9,12H2,1H3/t13-/m0/s1. The van der Waals surface area contributed by atoms with Crippen LogP contribution in [-0.2, 0) is 11.3 Å². The number of likely N-dealkylation sites (N-methyl/N-ethyl adjacent to an activating group) is 1. The van der Waals surface area contributed by atoms with Gasteiger partial charge in [0.25, 0.3) is 5.56 Å². The highest BCUT2D eigenvalue weighted by Crippen LogP contribution is 2.17. The highest BCUT2D eigenvalue weighted by Gasteiger charge is 2.17. The molecular weight excluding hydrogens is 268 g/mol. The molecule has 0 radical (unpaired) electrons. The van der Waals surface area contributed by atoms with E-state index in [-0.39, 0.29) is 5.56 Å². The van der Waals surface area contributed by atoms with E-state index in [9.17, 15) is 4.79 Å². The van der Waals surface area contributed by atoms with Crippen LogP contribution in [-0.4, -0.2) is 61.1 Å². The molecule has 3 heterocycles. The number of aryl methyl sites for hydroxylation is 1. The third kappa shape index (κ3) is 3.63. The van der Waals surface area contributed by atoms with Gasteiger partial charge in [-0.25, -0.2) is 4.68 Å². The molecule has 1 atom stereocenters. The molecule has 2 fully saturated rings. The van der Waals surface area contributed by atoms with E-state index in [2.05, 4.69) is 21.9 Å². The van der Waals surface area contributed by atoms with Gasteiger partial charge in [0.15, 0.2) is 0 Å². The molecule has 0 amide bonds. The second kappa shape index (κ2) is 6.58. The van der Waals surface area contributed by atoms with Crippen molar-refractivity contribution < 1.29 is 4.74 Å². The van der Waals surface area contributed by atoms with Gasteiger partial charge in [0.05, 0.1) is 11.9 Å². The predicted molar refractivity (Wildman–Crippen MR) is 81.8 cm³/mol. The summed E-state index contributed by atoms with van der Waals surface area (Å²) in [6.45, 7) is 6.36. The van der Waals surface area contributed by atoms with Crippen molar-refractivity contribution >= 4 is 5.69 Å². The van der Waals surface area contributed by atoms with Crippen molar-refractivity contribution in [1.82, 2.24) is 14.7 Å². The van der Waals surface area contributed by atoms with Crippen LogP contribution >= 0.6 is 0 Å². The lowest BCUT2D eigenvalue weighted by Gasteiger charge is -2.33. The van der Waals surface area contributed by atoms with Crippen LogP contribution in [0.4, 0.5) is 5.69 Å². The molecular formula is C15H24N4O2. The first-order valence-electron chi connectivity index (χ1n) is 7.81. The number of aromatic nitrogens is 2. The van der Waals surface area contributed by atoms with Gasteiger partial charge in [-0.2, -0.15) is 5.10 Å². The fourth-order valence-electron chi connectivity index (χ4n) is 2.95. The molecule has 1 aromatic rings. The average Bonchev–Trinajstić information content (AvgIpc) is 3.00. The van der Waals surface area contributed by atoms with Crippen molar-refractivity contribution in [1.29, 1.82) is 0 Å². The maximum Gasteiger partial charge on any atom is 0.268 e. The molecule has 6 nitrogen and oxygen atoms in total. The lowest BCUT2D eigenvalue weighted by molar-refractivity contribution is 0.183. The van der Waals surface area contributed by atoms with Crippen molar-refractivity contribution in [2.24, 2.45) is 5.92 Å². The van der Waals surface area contributed by atoms with E-state index in [1.165, 1.54) is 0 Å². The number of hydrogen-bond acceptors (Lipinski definition) is 5. The number of hydrogen-bond donors (Lipinski definition) is 0. The Bertz CT molecular complexity index is 517. The van der Waals surface area contributed by atoms with Crippen LogP contribution in [0.25, 0.3) is 0 Å². The summed E-state index contributed by atoms with van der Waals surface area (Å²) in [5.41, 5.74) is 0.957. The third-order valence-corrected chi connectivity index (χ3v) is 4.50. The van der Waals surface area contributed by atoms with E-state index in [1.54, 1.807) is 10.7 Å². The Morgan fingerprint density at radius 2 is 2.14 bits per heavy atom. The molecule has 2 saturated heterocycles. The summed E-state index contributed by atoms with van der Waals surface area (Å²) in [7, 11) is 2.13. The van der Waals surface area contributed by atoms with Crippen LogP contribution in [0.2, 0.25) is 0 Å². The zero-order valence-electron chi connectivity index (χ0n) is 12.7. The van der Waals surface area contributed by atoms with Crippen molar-refractivity contribution in [3.05, 3.63) is 22.6 Å². The van der Waals surface area contributed by atoms with Crippen LogP contribution < -0.4 is 10.5 Å². The normalized spacial score (nSPS) is 23.7. The molecule has 0 aliphatic carbocycles. The summed E-state index contributed by atoms with van der Waals surface area (Å²) in [6.07, 6.45) is 3.91. The molecule has 0 unspecified atom stereocenters. The van der Waals surface area contributed by atoms with Gasteiger partial charge in [-0.15, -0.1) is 0 Å². The molecule has 0 bridgehead atoms. The number of ether oxygens (including phenoxy) is 1. The van der Waals surface area contributed by atoms with Crippen LogP contribution in [0.1, 0.15) is 12.8 Å². The lowest BCUT2D eigenvalue weighted by atomic mass is 10.1. The van der Waals surface area contributed by atoms with Gasteiger partial charge in [-0.3, -0.25) is 4.79 Å². The lowest BCUT2D eigenvalue weighted by Crippen LogP contribution is -2.45. The van der Waals surface area contributed by atoms with Gasteiger partial charge in [-0.1, -0.05) is 0 Å². The topological polar surface area (TPSA) is 50.6 Å². The molecule has 0 aromatic carbocycles. The minimum atomic E-state index is 0.00495. The molecule has 21 heavy (non-hydrogen) atoms. The molecule has 3 rings (SSSR count). The van der Waals surface area contributed by atoms with Gasteiger partial charge >= 0.3 is 0 Å². The molecule has 0 N–H and O–H groups in total. The van der Waals surface area contributed by atoms with Gasteiger partial charge in [-0.05, 0) is 25.8 Å². The molecule has 2 aliphatic rings. The Labute approximate surface area is 125 Å². The van der Waals surface area contributed by atoms with E-state index >= 15 is 0 Å². The fourth-order valence-corrected chi connectivity index (χ4v) is 2.95. The van der Waals surface area contributed by atoms with E-state index in [1.807, 2.05) is 6.20 Å². The predicted octanol–water partition coefficient (Wildman–Crippen LogP) is 0.422. The second-order valence-corrected chi connectivity index (χ2v) is 6.08. The van der Waals surface area contributed by atoms with Crippen molar-refractivity contribution in [2.75, 3.05) is 51.3 Å². The molecule has 0 spiro atoms. The third-order valence-electron chi connectivity index (χ3n) is 4.50. The summed E-state index contributed by atoms with van der Waals surface area (Å²) in [6, 6.07) is 1.73. The summed E-state index contributed by atoms with van der Waals surface area (Å²) in [4.78, 5) is 16.7. The van der Waals surface area contributed by atoms with E-state index in [0.717, 1.165) is 57.9 Å². The van der Waals surface area contributed by atoms with Gasteiger partial charge in [0, 0.05) is 52.0 Å². The Balaban J connectivity index is 1.61. The Hall–Kier alpha value is -1.40. The van der Waals surface area contributed by atoms with Crippen molar-refractivity contribution in [3.63, 3.8) is 0 Å². The van der Waals surface area contributed by atoms with Crippen LogP contribution in [0.15, 0.2) is 17.1 Å². The Kier molecular flexibility index (Phi) is 4.55. The van der Waals surface area contributed by atoms with E-state index < -0.39 is 0 Å². The zero-order chi connectivity index (χ0) is 14.7. The summed E-state index contributed by atoms with van der Waals surface area (Å²) in [5, 5.41) is 4.34. The monoisotopic (exact) mass is 292 g/mol. The highest BCUT2D eigenvalue weighted by atomic mass is 16.5. The van der Waals surface area contributed by atoms with Crippen LogP contribution in [0, 0.1) is 5.92 Å². The first kappa shape index (κ1) is 14.5. The maximum atomic E-state index is 12.2. The number of nitrogens with zero attached hydrogens (tertiary/aromatic N) is 4. The molecule has 1 aromatic heterocycles. The second-order valence-electron chi connectivity index (χ2n) is 6.08. The summed E-state index contributed by atoms with van der Waals surface area (Å²) >= 11 is 0. The highest BCUT2D eigenvalue weighted by molar-refractivity contribution is 5.43. The fraction of sp³-hybridized carbons (Fsp3) is 0.733.